The molecule has 16 heavy (non-hydrogen) atoms. The van der Waals surface area contributed by atoms with Crippen LogP contribution in [-0.2, 0) is 4.79 Å². The van der Waals surface area contributed by atoms with E-state index in [0.29, 0.717) is 12.5 Å². The van der Waals surface area contributed by atoms with Crippen molar-refractivity contribution < 1.29 is 4.79 Å². The topological polar surface area (TPSA) is 58.4 Å². The molecule has 0 fully saturated rings. The first-order chi connectivity index (χ1) is 7.22. The Morgan fingerprint density at radius 1 is 1.44 bits per heavy atom. The monoisotopic (exact) mass is 229 g/mol. The minimum atomic E-state index is -0.418. The molecule has 0 heterocycles. The third kappa shape index (κ3) is 8.68. The van der Waals surface area contributed by atoms with Gasteiger partial charge < -0.3 is 16.0 Å². The number of hydrogen-bond acceptors (Lipinski definition) is 3. The summed E-state index contributed by atoms with van der Waals surface area (Å²) in [7, 11) is 2.09. The SMILES string of the molecule is CC(C)N(C)CCCNC(=O)CC(C)(C)N. The van der Waals surface area contributed by atoms with Gasteiger partial charge in [-0.3, -0.25) is 4.79 Å². The lowest BCUT2D eigenvalue weighted by Gasteiger charge is -2.21. The zero-order valence-electron chi connectivity index (χ0n) is 11.3. The molecule has 0 radical (unpaired) electrons. The molecule has 1 amide bonds. The molecule has 0 aliphatic carbocycles. The number of nitrogens with one attached hydrogen (secondary N) is 1. The van der Waals surface area contributed by atoms with Crippen molar-refractivity contribution in [3.05, 3.63) is 0 Å². The molecule has 4 heteroatoms. The summed E-state index contributed by atoms with van der Waals surface area (Å²) in [6.45, 7) is 9.78. The van der Waals surface area contributed by atoms with E-state index in [1.54, 1.807) is 0 Å². The predicted molar refractivity (Wildman–Crippen MR) is 68.3 cm³/mol. The number of rotatable bonds is 7. The molecule has 0 rings (SSSR count). The van der Waals surface area contributed by atoms with Gasteiger partial charge in [-0.25, -0.2) is 0 Å². The molecule has 0 unspecified atom stereocenters. The third-order valence-corrected chi connectivity index (χ3v) is 2.51. The number of amides is 1. The highest BCUT2D eigenvalue weighted by atomic mass is 16.1. The fraction of sp³-hybridized carbons (Fsp3) is 0.917. The molecule has 0 saturated carbocycles. The second-order valence-electron chi connectivity index (χ2n) is 5.44. The summed E-state index contributed by atoms with van der Waals surface area (Å²) in [5.74, 6) is 0.0414. The van der Waals surface area contributed by atoms with Gasteiger partial charge in [0.25, 0.3) is 0 Å². The van der Waals surface area contributed by atoms with Crippen molar-refractivity contribution in [3.63, 3.8) is 0 Å². The lowest BCUT2D eigenvalue weighted by atomic mass is 10.0. The normalized spacial score (nSPS) is 12.2. The van der Waals surface area contributed by atoms with Crippen LogP contribution in [0.4, 0.5) is 0 Å². The highest BCUT2D eigenvalue weighted by Crippen LogP contribution is 2.02. The second kappa shape index (κ2) is 6.86. The largest absolute Gasteiger partial charge is 0.356 e. The van der Waals surface area contributed by atoms with Crippen molar-refractivity contribution in [1.29, 1.82) is 0 Å². The molecule has 0 bridgehead atoms. The van der Waals surface area contributed by atoms with Gasteiger partial charge in [-0.15, -0.1) is 0 Å². The van der Waals surface area contributed by atoms with Crippen molar-refractivity contribution >= 4 is 5.91 Å². The number of nitrogens with zero attached hydrogens (tertiary/aromatic N) is 1. The van der Waals surface area contributed by atoms with Crippen molar-refractivity contribution in [2.45, 2.75) is 52.1 Å². The van der Waals surface area contributed by atoms with Crippen LogP contribution in [0, 0.1) is 0 Å². The molecule has 0 aromatic heterocycles. The van der Waals surface area contributed by atoms with Crippen molar-refractivity contribution in [2.75, 3.05) is 20.1 Å². The standard InChI is InChI=1S/C12H27N3O/c1-10(2)15(5)8-6-7-14-11(16)9-12(3,4)13/h10H,6-9,13H2,1-5H3,(H,14,16). The maximum atomic E-state index is 11.4. The van der Waals surface area contributed by atoms with E-state index in [-0.39, 0.29) is 5.91 Å². The molecule has 4 nitrogen and oxygen atoms in total. The van der Waals surface area contributed by atoms with E-state index >= 15 is 0 Å². The molecule has 0 aliphatic rings. The van der Waals surface area contributed by atoms with E-state index < -0.39 is 5.54 Å². The van der Waals surface area contributed by atoms with Gasteiger partial charge in [0.15, 0.2) is 0 Å². The van der Waals surface area contributed by atoms with Crippen LogP contribution in [0.5, 0.6) is 0 Å². The number of nitrogens with two attached hydrogens (primary N) is 1. The Labute approximate surface area is 99.6 Å². The van der Waals surface area contributed by atoms with Gasteiger partial charge in [-0.1, -0.05) is 0 Å². The van der Waals surface area contributed by atoms with E-state index in [9.17, 15) is 4.79 Å². The van der Waals surface area contributed by atoms with Gasteiger partial charge in [-0.2, -0.15) is 0 Å². The Balaban J connectivity index is 3.56. The lowest BCUT2D eigenvalue weighted by molar-refractivity contribution is -0.122. The first-order valence-electron chi connectivity index (χ1n) is 5.98. The van der Waals surface area contributed by atoms with E-state index in [1.165, 1.54) is 0 Å². The highest BCUT2D eigenvalue weighted by Gasteiger charge is 2.15. The van der Waals surface area contributed by atoms with Crippen LogP contribution in [0.2, 0.25) is 0 Å². The summed E-state index contributed by atoms with van der Waals surface area (Å²) < 4.78 is 0. The minimum Gasteiger partial charge on any atom is -0.356 e. The van der Waals surface area contributed by atoms with Gasteiger partial charge >= 0.3 is 0 Å². The maximum Gasteiger partial charge on any atom is 0.221 e. The van der Waals surface area contributed by atoms with Gasteiger partial charge in [-0.05, 0) is 47.7 Å². The minimum absolute atomic E-state index is 0.0414. The molecule has 0 aliphatic heterocycles. The Hall–Kier alpha value is -0.610. The van der Waals surface area contributed by atoms with Crippen molar-refractivity contribution in [3.8, 4) is 0 Å². The number of carbonyl (C=O) groups excluding carboxylic acids is 1. The van der Waals surface area contributed by atoms with Crippen LogP contribution in [0.3, 0.4) is 0 Å². The molecular weight excluding hydrogens is 202 g/mol. The van der Waals surface area contributed by atoms with E-state index in [0.717, 1.165) is 19.5 Å². The smallest absolute Gasteiger partial charge is 0.221 e. The first-order valence-corrected chi connectivity index (χ1v) is 5.98. The fourth-order valence-electron chi connectivity index (χ4n) is 1.29. The second-order valence-corrected chi connectivity index (χ2v) is 5.44. The molecular formula is C12H27N3O. The molecule has 0 saturated heterocycles. The van der Waals surface area contributed by atoms with Crippen molar-refractivity contribution in [2.24, 2.45) is 5.73 Å². The fourth-order valence-corrected chi connectivity index (χ4v) is 1.29. The van der Waals surface area contributed by atoms with Gasteiger partial charge in [0, 0.05) is 24.5 Å². The molecule has 96 valence electrons. The maximum absolute atomic E-state index is 11.4. The Morgan fingerprint density at radius 3 is 2.44 bits per heavy atom. The number of carbonyl (C=O) groups is 1. The van der Waals surface area contributed by atoms with E-state index in [1.807, 2.05) is 13.8 Å². The zero-order chi connectivity index (χ0) is 12.8. The number of hydrogen-bond donors (Lipinski definition) is 2. The summed E-state index contributed by atoms with van der Waals surface area (Å²) in [6.07, 6.45) is 1.36. The summed E-state index contributed by atoms with van der Waals surface area (Å²) in [5.41, 5.74) is 5.34. The van der Waals surface area contributed by atoms with Crippen molar-refractivity contribution in [1.82, 2.24) is 10.2 Å². The molecule has 3 N–H and O–H groups in total. The molecule has 0 atom stereocenters. The predicted octanol–water partition coefficient (Wildman–Crippen LogP) is 0.960. The molecule has 0 spiro atoms. The van der Waals surface area contributed by atoms with Crippen LogP contribution in [0.15, 0.2) is 0 Å². The highest BCUT2D eigenvalue weighted by molar-refractivity contribution is 5.76. The summed E-state index contributed by atoms with van der Waals surface area (Å²) in [6, 6.07) is 0.554. The van der Waals surface area contributed by atoms with Crippen LogP contribution >= 0.6 is 0 Å². The quantitative estimate of drug-likeness (QED) is 0.639. The third-order valence-electron chi connectivity index (χ3n) is 2.51. The van der Waals surface area contributed by atoms with Crippen LogP contribution in [-0.4, -0.2) is 42.5 Å². The average Bonchev–Trinajstić information content (AvgIpc) is 2.08. The summed E-state index contributed by atoms with van der Waals surface area (Å²) in [4.78, 5) is 13.7. The molecule has 0 aromatic carbocycles. The lowest BCUT2D eigenvalue weighted by Crippen LogP contribution is -2.39. The Morgan fingerprint density at radius 2 is 2.00 bits per heavy atom. The van der Waals surface area contributed by atoms with Crippen LogP contribution < -0.4 is 11.1 Å². The average molecular weight is 229 g/mol. The van der Waals surface area contributed by atoms with Gasteiger partial charge in [0.1, 0.15) is 0 Å². The van der Waals surface area contributed by atoms with Gasteiger partial charge in [0.05, 0.1) is 0 Å². The Bertz CT molecular complexity index is 209. The molecule has 0 aromatic rings. The summed E-state index contributed by atoms with van der Waals surface area (Å²) in [5, 5.41) is 2.89. The van der Waals surface area contributed by atoms with E-state index in [2.05, 4.69) is 31.1 Å². The van der Waals surface area contributed by atoms with Crippen LogP contribution in [0.25, 0.3) is 0 Å². The van der Waals surface area contributed by atoms with Gasteiger partial charge in [0.2, 0.25) is 5.91 Å². The zero-order valence-corrected chi connectivity index (χ0v) is 11.3. The van der Waals surface area contributed by atoms with E-state index in [4.69, 9.17) is 5.73 Å². The summed E-state index contributed by atoms with van der Waals surface area (Å²) >= 11 is 0. The first kappa shape index (κ1) is 15.4. The Kier molecular flexibility index (Phi) is 6.60. The van der Waals surface area contributed by atoms with Crippen LogP contribution in [0.1, 0.15) is 40.5 Å².